The molecule has 36 heavy (non-hydrogen) atoms. The Hall–Kier alpha value is -3.31. The fourth-order valence-electron chi connectivity index (χ4n) is 3.80. The minimum absolute atomic E-state index is 0.124. The second-order valence-electron chi connectivity index (χ2n) is 8.67. The van der Waals surface area contributed by atoms with E-state index in [1.807, 2.05) is 13.8 Å². The summed E-state index contributed by atoms with van der Waals surface area (Å²) in [6, 6.07) is 4.96. The highest BCUT2D eigenvalue weighted by atomic mass is 31.2. The van der Waals surface area contributed by atoms with Crippen LogP contribution in [-0.2, 0) is 9.09 Å². The number of hydrogen-bond donors (Lipinski definition) is 3. The highest BCUT2D eigenvalue weighted by Gasteiger charge is 2.34. The topological polar surface area (TPSA) is 165 Å². The normalized spacial score (nSPS) is 14.3. The zero-order valence-corrected chi connectivity index (χ0v) is 21.1. The van der Waals surface area contributed by atoms with Crippen LogP contribution >= 0.6 is 7.82 Å². The van der Waals surface area contributed by atoms with Gasteiger partial charge in [0, 0.05) is 35.6 Å². The van der Waals surface area contributed by atoms with Crippen LogP contribution < -0.4 is 10.4 Å². The van der Waals surface area contributed by atoms with Gasteiger partial charge >= 0.3 is 7.82 Å². The van der Waals surface area contributed by atoms with Gasteiger partial charge in [0.1, 0.15) is 18.6 Å². The Balaban J connectivity index is 1.64. The van der Waals surface area contributed by atoms with Gasteiger partial charge in [-0.1, -0.05) is 13.0 Å². The van der Waals surface area contributed by atoms with E-state index in [4.69, 9.17) is 9.79 Å². The van der Waals surface area contributed by atoms with Gasteiger partial charge in [-0.15, -0.1) is 0 Å². The van der Waals surface area contributed by atoms with Crippen LogP contribution in [0.25, 0.3) is 5.52 Å². The number of carbonyl (C=O) groups excluding carboxylic acids is 1. The van der Waals surface area contributed by atoms with E-state index < -0.39 is 20.5 Å². The zero-order chi connectivity index (χ0) is 26.0. The number of nitrogens with one attached hydrogen (secondary N) is 1. The van der Waals surface area contributed by atoms with E-state index in [0.29, 0.717) is 40.3 Å². The monoisotopic (exact) mass is 515 g/mol. The van der Waals surface area contributed by atoms with Gasteiger partial charge in [0.15, 0.2) is 5.82 Å². The second kappa shape index (κ2) is 10.4. The van der Waals surface area contributed by atoms with E-state index in [1.54, 1.807) is 35.8 Å². The minimum atomic E-state index is -4.72. The van der Waals surface area contributed by atoms with Gasteiger partial charge in [-0.2, -0.15) is 5.10 Å². The van der Waals surface area contributed by atoms with Crippen molar-refractivity contribution >= 4 is 36.6 Å². The number of phosphoric acid groups is 1. The average Bonchev–Trinajstić information content (AvgIpc) is 3.60. The molecule has 1 fully saturated rings. The third-order valence-electron chi connectivity index (χ3n) is 5.89. The number of aromatic nitrogens is 3. The maximum Gasteiger partial charge on any atom is 0.471 e. The number of carbonyl (C=O) groups is 1. The van der Waals surface area contributed by atoms with Crippen molar-refractivity contribution in [1.82, 2.24) is 19.5 Å². The highest BCUT2D eigenvalue weighted by Crippen LogP contribution is 2.38. The molecule has 2 aromatic heterocycles. The molecular formula is C23H28N6O6P-. The Kier molecular flexibility index (Phi) is 7.41. The summed E-state index contributed by atoms with van der Waals surface area (Å²) in [7, 11) is -4.72. The third kappa shape index (κ3) is 5.73. The number of fused-ring (bicyclic) bond motifs is 1. The molecule has 0 aliphatic heterocycles. The fourth-order valence-corrected chi connectivity index (χ4v) is 4.08. The van der Waals surface area contributed by atoms with Crippen molar-refractivity contribution in [3.8, 4) is 0 Å². The predicted molar refractivity (Wildman–Crippen MR) is 131 cm³/mol. The number of nitrogens with zero attached hydrogens (tertiary/aromatic N) is 5. The second-order valence-corrected chi connectivity index (χ2v) is 9.91. The average molecular weight is 515 g/mol. The molecule has 1 amide bonds. The van der Waals surface area contributed by atoms with E-state index in [1.165, 1.54) is 11.2 Å². The molecule has 0 saturated heterocycles. The van der Waals surface area contributed by atoms with Crippen LogP contribution in [0.5, 0.6) is 0 Å². The number of hydrogen-bond acceptors (Lipinski definition) is 8. The summed E-state index contributed by atoms with van der Waals surface area (Å²) in [6.45, 7) is 5.57. The van der Waals surface area contributed by atoms with Crippen LogP contribution in [0.1, 0.15) is 53.2 Å². The summed E-state index contributed by atoms with van der Waals surface area (Å²) in [5.41, 5.74) is 3.51. The van der Waals surface area contributed by atoms with Crippen LogP contribution in [0.2, 0.25) is 0 Å². The molecule has 0 unspecified atom stereocenters. The number of aliphatic imine (C=N–C) groups is 1. The molecule has 1 aliphatic carbocycles. The Bertz CT molecular complexity index is 1360. The Morgan fingerprint density at radius 1 is 1.36 bits per heavy atom. The van der Waals surface area contributed by atoms with Crippen molar-refractivity contribution in [3.05, 3.63) is 53.0 Å². The van der Waals surface area contributed by atoms with Crippen LogP contribution in [0, 0.1) is 13.8 Å². The van der Waals surface area contributed by atoms with Gasteiger partial charge in [0.05, 0.1) is 0 Å². The molecular weight excluding hydrogens is 487 g/mol. The lowest BCUT2D eigenvalue weighted by Gasteiger charge is -2.23. The molecule has 2 heterocycles. The Morgan fingerprint density at radius 2 is 2.11 bits per heavy atom. The van der Waals surface area contributed by atoms with Crippen LogP contribution in [0.4, 0.5) is 11.5 Å². The predicted octanol–water partition coefficient (Wildman–Crippen LogP) is 2.28. The van der Waals surface area contributed by atoms with Gasteiger partial charge in [-0.3, -0.25) is 9.32 Å². The van der Waals surface area contributed by atoms with Crippen molar-refractivity contribution in [3.63, 3.8) is 0 Å². The van der Waals surface area contributed by atoms with Crippen LogP contribution in [0.15, 0.2) is 35.7 Å². The molecule has 0 atom stereocenters. The maximum atomic E-state index is 13.2. The lowest BCUT2D eigenvalue weighted by molar-refractivity contribution is -0.213. The quantitative estimate of drug-likeness (QED) is 0.159. The van der Waals surface area contributed by atoms with E-state index >= 15 is 0 Å². The van der Waals surface area contributed by atoms with E-state index in [0.717, 1.165) is 24.8 Å². The molecule has 1 aliphatic rings. The SMILES string of the molecule is CCCN=C([O-])c1cn2ncnc(Nc3cc(C(=O)N(COP(=O)(O)O)C4CC4)ccc3C)c2c1C. The molecule has 3 N–H and O–H groups in total. The number of anilines is 2. The first kappa shape index (κ1) is 25.8. The van der Waals surface area contributed by atoms with Crippen molar-refractivity contribution in [2.75, 3.05) is 18.6 Å². The smallest absolute Gasteiger partial charge is 0.471 e. The number of aryl methyl sites for hydroxylation is 2. The van der Waals surface area contributed by atoms with Crippen LogP contribution in [0.3, 0.4) is 0 Å². The number of benzene rings is 1. The molecule has 3 aromatic rings. The maximum absolute atomic E-state index is 13.2. The van der Waals surface area contributed by atoms with Gasteiger partial charge in [0.25, 0.3) is 5.91 Å². The van der Waals surface area contributed by atoms with Crippen molar-refractivity contribution in [2.45, 2.75) is 46.1 Å². The Labute approximate surface area is 207 Å². The molecule has 4 rings (SSSR count). The summed E-state index contributed by atoms with van der Waals surface area (Å²) < 4.78 is 17.3. The number of phosphoric ester groups is 1. The van der Waals surface area contributed by atoms with Gasteiger partial charge in [-0.25, -0.2) is 14.1 Å². The van der Waals surface area contributed by atoms with E-state index in [2.05, 4.69) is 24.9 Å². The first-order valence-electron chi connectivity index (χ1n) is 11.5. The molecule has 13 heteroatoms. The van der Waals surface area contributed by atoms with E-state index in [9.17, 15) is 14.5 Å². The molecule has 12 nitrogen and oxygen atoms in total. The molecule has 0 bridgehead atoms. The van der Waals surface area contributed by atoms with E-state index in [-0.39, 0.29) is 11.9 Å². The fraction of sp³-hybridized carbons (Fsp3) is 0.391. The summed E-state index contributed by atoms with van der Waals surface area (Å²) in [4.78, 5) is 41.0. The molecule has 1 aromatic carbocycles. The molecule has 1 saturated carbocycles. The first-order valence-corrected chi connectivity index (χ1v) is 13.1. The van der Waals surface area contributed by atoms with Crippen molar-refractivity contribution in [1.29, 1.82) is 0 Å². The van der Waals surface area contributed by atoms with Gasteiger partial charge in [-0.05, 0) is 62.3 Å². The van der Waals surface area contributed by atoms with Crippen LogP contribution in [-0.4, -0.2) is 60.4 Å². The van der Waals surface area contributed by atoms with Gasteiger partial charge < -0.3 is 30.1 Å². The number of amides is 1. The lowest BCUT2D eigenvalue weighted by Crippen LogP contribution is -2.34. The molecule has 0 radical (unpaired) electrons. The standard InChI is InChI=1S/C23H29N6O6P/c1-4-9-24-22(30)18-11-29-20(15(18)3)21(25-12-26-29)27-19-10-16(6-5-14(19)2)23(31)28(17-7-8-17)13-35-36(32,33)34/h5-6,10-12,17H,4,7-9,13H2,1-3H3,(H,24,30)(H,25,26,27)(H2,32,33,34)/p-1. The van der Waals surface area contributed by atoms with Gasteiger partial charge in [0.2, 0.25) is 0 Å². The Morgan fingerprint density at radius 3 is 2.78 bits per heavy atom. The minimum Gasteiger partial charge on any atom is -0.858 e. The summed E-state index contributed by atoms with van der Waals surface area (Å²) in [5, 5.41) is 20.0. The molecule has 192 valence electrons. The lowest BCUT2D eigenvalue weighted by atomic mass is 10.1. The summed E-state index contributed by atoms with van der Waals surface area (Å²) in [6.07, 6.45) is 5.24. The first-order chi connectivity index (χ1) is 17.1. The van der Waals surface area contributed by atoms with Crippen molar-refractivity contribution < 1.29 is 28.8 Å². The number of rotatable bonds is 10. The summed E-state index contributed by atoms with van der Waals surface area (Å²) >= 11 is 0. The van der Waals surface area contributed by atoms with Crippen molar-refractivity contribution in [2.24, 2.45) is 4.99 Å². The summed E-state index contributed by atoms with van der Waals surface area (Å²) in [5.74, 6) is -0.257. The third-order valence-corrected chi connectivity index (χ3v) is 6.34. The highest BCUT2D eigenvalue weighted by molar-refractivity contribution is 7.46. The zero-order valence-electron chi connectivity index (χ0n) is 20.2. The molecule has 0 spiro atoms. The largest absolute Gasteiger partial charge is 0.858 e.